The number of nitrogens with two attached hydrogens (primary N) is 3. The molecule has 3 fully saturated rings. The van der Waals surface area contributed by atoms with Gasteiger partial charge in [0, 0.05) is 56.2 Å². The van der Waals surface area contributed by atoms with E-state index in [0.717, 1.165) is 80.9 Å². The fourth-order valence-electron chi connectivity index (χ4n) is 5.68. The Morgan fingerprint density at radius 1 is 1.21 bits per heavy atom. The van der Waals surface area contributed by atoms with Gasteiger partial charge in [0.2, 0.25) is 5.91 Å². The topological polar surface area (TPSA) is 141 Å². The molecule has 0 radical (unpaired) electrons. The number of carbonyl (C=O) groups is 1. The molecule has 0 saturated carbocycles. The summed E-state index contributed by atoms with van der Waals surface area (Å²) in [5.74, 6) is 0.916. The molecule has 3 unspecified atom stereocenters. The lowest BCUT2D eigenvalue weighted by atomic mass is 9.96. The maximum Gasteiger partial charge on any atom is 0.240 e. The number of piperidine rings is 1. The highest BCUT2D eigenvalue weighted by Crippen LogP contribution is 2.32. The third-order valence-corrected chi connectivity index (χ3v) is 7.56. The van der Waals surface area contributed by atoms with Gasteiger partial charge in [0.15, 0.2) is 5.65 Å². The molecule has 34 heavy (non-hydrogen) atoms. The van der Waals surface area contributed by atoms with Crippen molar-refractivity contribution in [1.82, 2.24) is 19.5 Å². The highest BCUT2D eigenvalue weighted by Gasteiger charge is 2.35. The number of likely N-dealkylation sites (tertiary alicyclic amines) is 1. The average molecular weight is 471 g/mol. The van der Waals surface area contributed by atoms with Gasteiger partial charge in [0.1, 0.15) is 5.82 Å². The Bertz CT molecular complexity index is 1020. The van der Waals surface area contributed by atoms with Crippen molar-refractivity contribution in [2.45, 2.75) is 82.1 Å². The van der Waals surface area contributed by atoms with Crippen molar-refractivity contribution < 1.29 is 9.53 Å². The third-order valence-electron chi connectivity index (χ3n) is 7.56. The summed E-state index contributed by atoms with van der Waals surface area (Å²) in [5.41, 5.74) is 21.5. The van der Waals surface area contributed by atoms with Crippen molar-refractivity contribution in [2.75, 3.05) is 31.1 Å². The van der Waals surface area contributed by atoms with Crippen molar-refractivity contribution in [3.63, 3.8) is 0 Å². The third kappa shape index (κ3) is 4.64. The lowest BCUT2D eigenvalue weighted by Gasteiger charge is -2.36. The normalized spacial score (nSPS) is 27.5. The fraction of sp³-hybridized carbons (Fsp3) is 0.708. The lowest BCUT2D eigenvalue weighted by Crippen LogP contribution is -2.50. The van der Waals surface area contributed by atoms with E-state index in [1.165, 1.54) is 0 Å². The lowest BCUT2D eigenvalue weighted by molar-refractivity contribution is -0.137. The highest BCUT2D eigenvalue weighted by atomic mass is 16.5. The van der Waals surface area contributed by atoms with E-state index in [0.29, 0.717) is 13.0 Å². The number of ether oxygens (including phenoxy) is 1. The van der Waals surface area contributed by atoms with E-state index in [1.807, 2.05) is 21.7 Å². The van der Waals surface area contributed by atoms with Crippen molar-refractivity contribution in [2.24, 2.45) is 17.2 Å². The van der Waals surface area contributed by atoms with Gasteiger partial charge in [0.25, 0.3) is 0 Å². The smallest absolute Gasteiger partial charge is 0.240 e. The number of hydrogen-bond acceptors (Lipinski definition) is 8. The predicted molar refractivity (Wildman–Crippen MR) is 130 cm³/mol. The van der Waals surface area contributed by atoms with Crippen LogP contribution < -0.4 is 22.1 Å². The SMILES string of the molecule is Cc1cn2nc([C@@H]3CCCCN3C(=O)C(N)CC(N)C3CCCO3)cc2nc1N1CC[C@H](N)C1. The summed E-state index contributed by atoms with van der Waals surface area (Å²) < 4.78 is 7.52. The Balaban J connectivity index is 1.34. The van der Waals surface area contributed by atoms with Gasteiger partial charge < -0.3 is 31.7 Å². The van der Waals surface area contributed by atoms with E-state index in [-0.39, 0.29) is 30.1 Å². The summed E-state index contributed by atoms with van der Waals surface area (Å²) in [4.78, 5) is 22.5. The minimum Gasteiger partial charge on any atom is -0.377 e. The first-order valence-corrected chi connectivity index (χ1v) is 12.7. The van der Waals surface area contributed by atoms with Crippen LogP contribution in [0.1, 0.15) is 62.2 Å². The van der Waals surface area contributed by atoms with E-state index in [1.54, 1.807) is 0 Å². The van der Waals surface area contributed by atoms with E-state index >= 15 is 0 Å². The second-order valence-electron chi connectivity index (χ2n) is 10.2. The van der Waals surface area contributed by atoms with Crippen molar-refractivity contribution in [1.29, 1.82) is 0 Å². The number of aromatic nitrogens is 3. The van der Waals surface area contributed by atoms with E-state index < -0.39 is 6.04 Å². The maximum absolute atomic E-state index is 13.4. The molecule has 5 rings (SSSR count). The zero-order valence-corrected chi connectivity index (χ0v) is 20.1. The molecule has 5 heterocycles. The Labute approximate surface area is 200 Å². The molecule has 6 N–H and O–H groups in total. The second kappa shape index (κ2) is 9.77. The molecule has 0 aliphatic carbocycles. The molecule has 10 heteroatoms. The van der Waals surface area contributed by atoms with Crippen LogP contribution in [0.3, 0.4) is 0 Å². The Kier molecular flexibility index (Phi) is 6.74. The van der Waals surface area contributed by atoms with Crippen LogP contribution in [0.25, 0.3) is 5.65 Å². The minimum absolute atomic E-state index is 0.00288. The van der Waals surface area contributed by atoms with Crippen LogP contribution >= 0.6 is 0 Å². The molecule has 0 bridgehead atoms. The van der Waals surface area contributed by atoms with Crippen LogP contribution in [0, 0.1) is 6.92 Å². The van der Waals surface area contributed by atoms with Gasteiger partial charge in [-0.1, -0.05) is 0 Å². The summed E-state index contributed by atoms with van der Waals surface area (Å²) in [7, 11) is 0. The Morgan fingerprint density at radius 3 is 2.79 bits per heavy atom. The van der Waals surface area contributed by atoms with Gasteiger partial charge in [-0.15, -0.1) is 0 Å². The Hall–Kier alpha value is -2.27. The largest absolute Gasteiger partial charge is 0.377 e. The molecular formula is C24H38N8O2. The van der Waals surface area contributed by atoms with Crippen LogP contribution in [-0.2, 0) is 9.53 Å². The summed E-state index contributed by atoms with van der Waals surface area (Å²) in [5, 5.41) is 4.83. The molecule has 3 aliphatic rings. The van der Waals surface area contributed by atoms with Crippen LogP contribution in [0.15, 0.2) is 12.3 Å². The molecule has 1 amide bonds. The number of nitrogens with zero attached hydrogens (tertiary/aromatic N) is 5. The van der Waals surface area contributed by atoms with Crippen molar-refractivity contribution in [3.05, 3.63) is 23.5 Å². The molecule has 2 aromatic rings. The number of carbonyl (C=O) groups excluding carboxylic acids is 1. The van der Waals surface area contributed by atoms with Gasteiger partial charge >= 0.3 is 0 Å². The summed E-state index contributed by atoms with van der Waals surface area (Å²) >= 11 is 0. The zero-order valence-electron chi connectivity index (χ0n) is 20.1. The highest BCUT2D eigenvalue weighted by molar-refractivity contribution is 5.82. The van der Waals surface area contributed by atoms with Gasteiger partial charge in [-0.3, -0.25) is 4.79 Å². The minimum atomic E-state index is -0.636. The van der Waals surface area contributed by atoms with E-state index in [4.69, 9.17) is 32.0 Å². The molecule has 3 aliphatic heterocycles. The molecule has 3 saturated heterocycles. The molecule has 10 nitrogen and oxygen atoms in total. The monoisotopic (exact) mass is 470 g/mol. The first-order valence-electron chi connectivity index (χ1n) is 12.7. The number of rotatable bonds is 6. The second-order valence-corrected chi connectivity index (χ2v) is 10.2. The van der Waals surface area contributed by atoms with Gasteiger partial charge in [0.05, 0.1) is 23.9 Å². The van der Waals surface area contributed by atoms with Crippen molar-refractivity contribution >= 4 is 17.4 Å². The van der Waals surface area contributed by atoms with Crippen LogP contribution in [-0.4, -0.2) is 75.9 Å². The Morgan fingerprint density at radius 2 is 2.06 bits per heavy atom. The van der Waals surface area contributed by atoms with Gasteiger partial charge in [-0.25, -0.2) is 9.50 Å². The summed E-state index contributed by atoms with van der Waals surface area (Å²) in [6.07, 6.45) is 8.28. The molecular weight excluding hydrogens is 432 g/mol. The van der Waals surface area contributed by atoms with Crippen LogP contribution in [0.2, 0.25) is 0 Å². The molecule has 0 spiro atoms. The van der Waals surface area contributed by atoms with Gasteiger partial charge in [-0.05, 0) is 51.9 Å². The van der Waals surface area contributed by atoms with Gasteiger partial charge in [-0.2, -0.15) is 5.10 Å². The van der Waals surface area contributed by atoms with Crippen LogP contribution in [0.4, 0.5) is 5.82 Å². The first-order chi connectivity index (χ1) is 16.4. The number of fused-ring (bicyclic) bond motifs is 1. The average Bonchev–Trinajstić information content (AvgIpc) is 3.58. The predicted octanol–water partition coefficient (Wildman–Crippen LogP) is 0.852. The summed E-state index contributed by atoms with van der Waals surface area (Å²) in [6, 6.07) is 1.25. The van der Waals surface area contributed by atoms with Crippen molar-refractivity contribution in [3.8, 4) is 0 Å². The fourth-order valence-corrected chi connectivity index (χ4v) is 5.68. The quantitative estimate of drug-likeness (QED) is 0.564. The maximum atomic E-state index is 13.4. The molecule has 5 atom stereocenters. The summed E-state index contributed by atoms with van der Waals surface area (Å²) in [6.45, 7) is 5.22. The number of aryl methyl sites for hydroxylation is 1. The molecule has 186 valence electrons. The molecule has 0 aromatic carbocycles. The number of amides is 1. The number of hydrogen-bond donors (Lipinski definition) is 3. The number of anilines is 1. The van der Waals surface area contributed by atoms with E-state index in [2.05, 4.69) is 11.8 Å². The first kappa shape index (κ1) is 23.5. The molecule has 2 aromatic heterocycles. The van der Waals surface area contributed by atoms with Crippen LogP contribution in [0.5, 0.6) is 0 Å². The van der Waals surface area contributed by atoms with E-state index in [9.17, 15) is 4.79 Å². The standard InChI is InChI=1S/C24H38N8O2/c1-15-13-32-22(28-23(15)30-9-7-16(25)14-30)12-19(29-32)20-5-2-3-8-31(20)24(33)18(27)11-17(26)21-6-4-10-34-21/h12-13,16-18,20-21H,2-11,14,25-27H2,1H3/t16-,17?,18?,20-,21?/m0/s1. The zero-order chi connectivity index (χ0) is 23.8.